The molecule has 0 atom stereocenters. The molecule has 0 saturated heterocycles. The smallest absolute Gasteiger partial charge is 0.260 e. The van der Waals surface area contributed by atoms with E-state index in [2.05, 4.69) is 0 Å². The Bertz CT molecular complexity index is 1220. The van der Waals surface area contributed by atoms with E-state index < -0.39 is 0 Å². The van der Waals surface area contributed by atoms with Crippen molar-refractivity contribution in [2.45, 2.75) is 13.5 Å². The first-order valence-corrected chi connectivity index (χ1v) is 11.1. The Morgan fingerprint density at radius 2 is 1.75 bits per heavy atom. The fourth-order valence-corrected chi connectivity index (χ4v) is 4.37. The van der Waals surface area contributed by atoms with Crippen LogP contribution >= 0.6 is 11.3 Å². The van der Waals surface area contributed by atoms with Crippen LogP contribution in [0.15, 0.2) is 66.7 Å². The van der Waals surface area contributed by atoms with E-state index in [0.717, 1.165) is 21.5 Å². The van der Waals surface area contributed by atoms with Crippen molar-refractivity contribution in [3.8, 4) is 17.2 Å². The van der Waals surface area contributed by atoms with E-state index in [1.807, 2.05) is 55.5 Å². The van der Waals surface area contributed by atoms with Gasteiger partial charge in [-0.05, 0) is 48.9 Å². The van der Waals surface area contributed by atoms with Crippen LogP contribution in [-0.2, 0) is 6.54 Å². The van der Waals surface area contributed by atoms with Gasteiger partial charge in [0.25, 0.3) is 5.91 Å². The van der Waals surface area contributed by atoms with Gasteiger partial charge < -0.3 is 14.2 Å². The first-order valence-electron chi connectivity index (χ1n) is 10.2. The highest BCUT2D eigenvalue weighted by atomic mass is 32.1. The number of aromatic nitrogens is 1. The molecule has 0 radical (unpaired) electrons. The first kappa shape index (κ1) is 21.6. The van der Waals surface area contributed by atoms with Crippen molar-refractivity contribution < 1.29 is 19.0 Å². The molecule has 32 heavy (non-hydrogen) atoms. The highest BCUT2D eigenvalue weighted by molar-refractivity contribution is 7.22. The average molecular weight is 449 g/mol. The van der Waals surface area contributed by atoms with Crippen LogP contribution in [0.5, 0.6) is 17.2 Å². The number of anilines is 1. The van der Waals surface area contributed by atoms with Crippen LogP contribution in [0, 0.1) is 0 Å². The minimum atomic E-state index is -0.168. The van der Waals surface area contributed by atoms with Crippen molar-refractivity contribution in [1.82, 2.24) is 4.98 Å². The molecule has 0 bridgehead atoms. The maximum Gasteiger partial charge on any atom is 0.260 e. The second-order valence-electron chi connectivity index (χ2n) is 7.01. The van der Waals surface area contributed by atoms with Crippen LogP contribution in [0.25, 0.3) is 10.2 Å². The van der Waals surface area contributed by atoms with E-state index >= 15 is 0 Å². The third-order valence-electron chi connectivity index (χ3n) is 4.95. The van der Waals surface area contributed by atoms with Gasteiger partial charge in [0.1, 0.15) is 5.75 Å². The number of thiazole rings is 1. The molecule has 0 unspecified atom stereocenters. The molecule has 6 nitrogen and oxygen atoms in total. The van der Waals surface area contributed by atoms with Gasteiger partial charge in [-0.2, -0.15) is 0 Å². The van der Waals surface area contributed by atoms with Crippen LogP contribution in [0.1, 0.15) is 22.8 Å². The third-order valence-corrected chi connectivity index (χ3v) is 5.99. The van der Waals surface area contributed by atoms with Crippen molar-refractivity contribution in [3.63, 3.8) is 0 Å². The minimum absolute atomic E-state index is 0.168. The summed E-state index contributed by atoms with van der Waals surface area (Å²) in [6.45, 7) is 2.94. The van der Waals surface area contributed by atoms with E-state index in [-0.39, 0.29) is 5.91 Å². The molecule has 1 aromatic heterocycles. The summed E-state index contributed by atoms with van der Waals surface area (Å²) in [5.41, 5.74) is 2.33. The lowest BCUT2D eigenvalue weighted by Crippen LogP contribution is -2.30. The van der Waals surface area contributed by atoms with Gasteiger partial charge in [-0.3, -0.25) is 9.69 Å². The van der Waals surface area contributed by atoms with E-state index in [4.69, 9.17) is 19.2 Å². The number of carbonyl (C=O) groups excluding carboxylic acids is 1. The zero-order chi connectivity index (χ0) is 22.5. The lowest BCUT2D eigenvalue weighted by Gasteiger charge is -2.21. The fraction of sp³-hybridized carbons (Fsp3) is 0.200. The summed E-state index contributed by atoms with van der Waals surface area (Å²) >= 11 is 1.46. The van der Waals surface area contributed by atoms with Crippen molar-refractivity contribution in [1.29, 1.82) is 0 Å². The molecule has 0 saturated carbocycles. The molecule has 1 amide bonds. The Kier molecular flexibility index (Phi) is 6.56. The normalized spacial score (nSPS) is 10.7. The Hall–Kier alpha value is -3.58. The largest absolute Gasteiger partial charge is 0.494 e. The van der Waals surface area contributed by atoms with Crippen LogP contribution in [0.3, 0.4) is 0 Å². The van der Waals surface area contributed by atoms with Gasteiger partial charge in [-0.25, -0.2) is 4.98 Å². The van der Waals surface area contributed by atoms with Gasteiger partial charge in [0.05, 0.1) is 37.6 Å². The van der Waals surface area contributed by atoms with Gasteiger partial charge in [-0.1, -0.05) is 41.7 Å². The molecule has 0 fully saturated rings. The first-order chi connectivity index (χ1) is 15.6. The number of fused-ring (bicyclic) bond motifs is 1. The van der Waals surface area contributed by atoms with Gasteiger partial charge in [0.15, 0.2) is 16.6 Å². The average Bonchev–Trinajstić information content (AvgIpc) is 3.25. The van der Waals surface area contributed by atoms with Crippen molar-refractivity contribution in [2.24, 2.45) is 0 Å². The monoisotopic (exact) mass is 448 g/mol. The predicted octanol–water partition coefficient (Wildman–Crippen LogP) is 5.56. The molecule has 0 aliphatic carbocycles. The highest BCUT2D eigenvalue weighted by Crippen LogP contribution is 2.34. The van der Waals surface area contributed by atoms with Gasteiger partial charge in [0, 0.05) is 5.56 Å². The molecule has 0 aliphatic heterocycles. The number of amides is 1. The number of rotatable bonds is 8. The molecular formula is C25H24N2O4S. The van der Waals surface area contributed by atoms with Crippen molar-refractivity contribution in [3.05, 3.63) is 77.9 Å². The van der Waals surface area contributed by atoms with E-state index in [0.29, 0.717) is 35.3 Å². The molecule has 1 heterocycles. The van der Waals surface area contributed by atoms with Gasteiger partial charge in [0.2, 0.25) is 0 Å². The summed E-state index contributed by atoms with van der Waals surface area (Å²) in [6, 6.07) is 20.8. The number of benzene rings is 3. The molecule has 4 rings (SSSR count). The number of methoxy groups -OCH3 is 2. The zero-order valence-electron chi connectivity index (χ0n) is 18.2. The summed E-state index contributed by atoms with van der Waals surface area (Å²) in [7, 11) is 3.12. The minimum Gasteiger partial charge on any atom is -0.494 e. The Labute approximate surface area is 191 Å². The van der Waals surface area contributed by atoms with E-state index in [1.54, 1.807) is 37.3 Å². The second kappa shape index (κ2) is 9.70. The summed E-state index contributed by atoms with van der Waals surface area (Å²) in [6.07, 6.45) is 0. The van der Waals surface area contributed by atoms with Crippen LogP contribution < -0.4 is 19.1 Å². The standard InChI is InChI=1S/C25H24N2O4S/c1-4-31-19-11-12-20-23(15-19)32-25(26-20)27(16-17-8-6-5-7-9-17)24(28)18-10-13-21(29-2)22(14-18)30-3/h5-15H,4,16H2,1-3H3. The van der Waals surface area contributed by atoms with Crippen molar-refractivity contribution >= 4 is 32.6 Å². The lowest BCUT2D eigenvalue weighted by atomic mass is 10.1. The van der Waals surface area contributed by atoms with Crippen LogP contribution in [-0.4, -0.2) is 31.7 Å². The third kappa shape index (κ3) is 4.53. The topological polar surface area (TPSA) is 60.9 Å². The summed E-state index contributed by atoms with van der Waals surface area (Å²) in [5, 5.41) is 0.622. The summed E-state index contributed by atoms with van der Waals surface area (Å²) in [5.74, 6) is 1.70. The highest BCUT2D eigenvalue weighted by Gasteiger charge is 2.23. The summed E-state index contributed by atoms with van der Waals surface area (Å²) in [4.78, 5) is 20.1. The molecule has 7 heteroatoms. The lowest BCUT2D eigenvalue weighted by molar-refractivity contribution is 0.0984. The SMILES string of the molecule is CCOc1ccc2nc(N(Cc3ccccc3)C(=O)c3ccc(OC)c(OC)c3)sc2c1. The van der Waals surface area contributed by atoms with Gasteiger partial charge in [-0.15, -0.1) is 0 Å². The molecule has 0 spiro atoms. The maximum atomic E-state index is 13.6. The Balaban J connectivity index is 1.75. The molecule has 164 valence electrons. The molecular weight excluding hydrogens is 424 g/mol. The zero-order valence-corrected chi connectivity index (χ0v) is 19.0. The number of hydrogen-bond acceptors (Lipinski definition) is 6. The molecule has 0 aliphatic rings. The van der Waals surface area contributed by atoms with Gasteiger partial charge >= 0.3 is 0 Å². The Morgan fingerprint density at radius 3 is 2.47 bits per heavy atom. The van der Waals surface area contributed by atoms with Crippen LogP contribution in [0.4, 0.5) is 5.13 Å². The Morgan fingerprint density at radius 1 is 0.969 bits per heavy atom. The quantitative estimate of drug-likeness (QED) is 0.353. The maximum absolute atomic E-state index is 13.6. The molecule has 3 aromatic carbocycles. The number of hydrogen-bond donors (Lipinski definition) is 0. The molecule has 4 aromatic rings. The molecule has 0 N–H and O–H groups in total. The second-order valence-corrected chi connectivity index (χ2v) is 8.01. The van der Waals surface area contributed by atoms with E-state index in [1.165, 1.54) is 11.3 Å². The summed E-state index contributed by atoms with van der Waals surface area (Å²) < 4.78 is 17.3. The van der Waals surface area contributed by atoms with Crippen molar-refractivity contribution in [2.75, 3.05) is 25.7 Å². The van der Waals surface area contributed by atoms with Crippen LogP contribution in [0.2, 0.25) is 0 Å². The van der Waals surface area contributed by atoms with E-state index in [9.17, 15) is 4.79 Å². The number of ether oxygens (including phenoxy) is 3. The number of carbonyl (C=O) groups is 1. The number of nitrogens with zero attached hydrogens (tertiary/aromatic N) is 2. The fourth-order valence-electron chi connectivity index (χ4n) is 3.38. The predicted molar refractivity (Wildman–Crippen MR) is 127 cm³/mol.